The van der Waals surface area contributed by atoms with Gasteiger partial charge in [-0.15, -0.1) is 0 Å². The van der Waals surface area contributed by atoms with Gasteiger partial charge < -0.3 is 13.9 Å². The first-order valence-corrected chi connectivity index (χ1v) is 7.54. The van der Waals surface area contributed by atoms with Crippen molar-refractivity contribution in [2.24, 2.45) is 0 Å². The number of carbonyl (C=O) groups is 1. The van der Waals surface area contributed by atoms with Crippen molar-refractivity contribution in [1.82, 2.24) is 0 Å². The highest BCUT2D eigenvalue weighted by atomic mass is 31.2. The molecule has 21 heavy (non-hydrogen) atoms. The summed E-state index contributed by atoms with van der Waals surface area (Å²) in [6.45, 7) is 0. The molecule has 0 spiro atoms. The lowest BCUT2D eigenvalue weighted by Crippen LogP contribution is -2.13. The summed E-state index contributed by atoms with van der Waals surface area (Å²) < 4.78 is 20.5. The Bertz CT molecular complexity index is 667. The Labute approximate surface area is 122 Å². The third kappa shape index (κ3) is 5.26. The molecule has 0 fully saturated rings. The fourth-order valence-electron chi connectivity index (χ4n) is 1.50. The maximum absolute atomic E-state index is 11.6. The summed E-state index contributed by atoms with van der Waals surface area (Å²) in [4.78, 5) is 23.0. The van der Waals surface area contributed by atoms with Gasteiger partial charge in [-0.25, -0.2) is 9.36 Å². The summed E-state index contributed by atoms with van der Waals surface area (Å²) in [6, 6.07) is 16.7. The van der Waals surface area contributed by atoms with E-state index in [1.165, 1.54) is 18.2 Å². The van der Waals surface area contributed by atoms with Gasteiger partial charge in [0.15, 0.2) is 0 Å². The van der Waals surface area contributed by atoms with Gasteiger partial charge in [-0.1, -0.05) is 48.5 Å². The van der Waals surface area contributed by atoms with Gasteiger partial charge in [-0.3, -0.25) is 0 Å². The van der Waals surface area contributed by atoms with Gasteiger partial charge in [0.2, 0.25) is 0 Å². The van der Waals surface area contributed by atoms with Gasteiger partial charge in [0.1, 0.15) is 5.75 Å². The van der Waals surface area contributed by atoms with Crippen LogP contribution >= 0.6 is 7.82 Å². The van der Waals surface area contributed by atoms with Crippen molar-refractivity contribution in [2.45, 2.75) is 0 Å². The third-order valence-electron chi connectivity index (χ3n) is 2.37. The minimum absolute atomic E-state index is 0.0793. The second-order valence-electron chi connectivity index (χ2n) is 4.01. The van der Waals surface area contributed by atoms with E-state index in [9.17, 15) is 14.3 Å². The largest absolute Gasteiger partial charge is 0.736 e. The number of hydrogen-bond donors (Lipinski definition) is 0. The molecule has 0 radical (unpaired) electrons. The summed E-state index contributed by atoms with van der Waals surface area (Å²) in [7, 11) is -4.74. The zero-order valence-electron chi connectivity index (χ0n) is 10.9. The smallest absolute Gasteiger partial charge is 0.374 e. The molecule has 6 heteroatoms. The van der Waals surface area contributed by atoms with Crippen LogP contribution < -0.4 is 9.42 Å². The van der Waals surface area contributed by atoms with E-state index in [-0.39, 0.29) is 5.75 Å². The number of carbonyl (C=O) groups excluding carboxylic acids is 1. The van der Waals surface area contributed by atoms with Gasteiger partial charge in [0.05, 0.1) is 0 Å². The molecule has 5 nitrogen and oxygen atoms in total. The van der Waals surface area contributed by atoms with Crippen LogP contribution in [0.2, 0.25) is 0 Å². The van der Waals surface area contributed by atoms with Gasteiger partial charge in [0, 0.05) is 6.08 Å². The van der Waals surface area contributed by atoms with E-state index in [4.69, 9.17) is 0 Å². The SMILES string of the molecule is O=C(/C=C/c1ccccc1)OP(=O)([O-])Oc1ccccc1. The molecule has 1 atom stereocenters. The second-order valence-corrected chi connectivity index (χ2v) is 5.27. The lowest BCUT2D eigenvalue weighted by atomic mass is 10.2. The Morgan fingerprint density at radius 2 is 1.57 bits per heavy atom. The normalized spacial score (nSPS) is 13.6. The Hall–Kier alpha value is -2.36. The molecule has 2 aromatic rings. The molecule has 0 aromatic heterocycles. The van der Waals surface area contributed by atoms with E-state index in [1.807, 2.05) is 6.07 Å². The van der Waals surface area contributed by atoms with Crippen LogP contribution in [0.5, 0.6) is 5.75 Å². The summed E-state index contributed by atoms with van der Waals surface area (Å²) in [5.74, 6) is -0.941. The summed E-state index contributed by atoms with van der Waals surface area (Å²) in [5.41, 5.74) is 0.749. The first kappa shape index (κ1) is 15.0. The van der Waals surface area contributed by atoms with Gasteiger partial charge in [-0.2, -0.15) is 0 Å². The van der Waals surface area contributed by atoms with E-state index < -0.39 is 13.8 Å². The van der Waals surface area contributed by atoms with Crippen molar-refractivity contribution in [2.75, 3.05) is 0 Å². The van der Waals surface area contributed by atoms with E-state index in [1.54, 1.807) is 42.5 Å². The molecule has 2 aromatic carbocycles. The van der Waals surface area contributed by atoms with Gasteiger partial charge in [0.25, 0.3) is 0 Å². The van der Waals surface area contributed by atoms with Crippen LogP contribution in [-0.4, -0.2) is 5.97 Å². The maximum atomic E-state index is 11.6. The molecule has 0 aliphatic rings. The average molecular weight is 303 g/mol. The number of benzene rings is 2. The number of hydrogen-bond acceptors (Lipinski definition) is 5. The Morgan fingerprint density at radius 3 is 2.19 bits per heavy atom. The summed E-state index contributed by atoms with van der Waals surface area (Å²) >= 11 is 0. The van der Waals surface area contributed by atoms with Crippen molar-refractivity contribution in [3.63, 3.8) is 0 Å². The Kier molecular flexibility index (Phi) is 4.93. The highest BCUT2D eigenvalue weighted by Crippen LogP contribution is 2.39. The van der Waals surface area contributed by atoms with Crippen LogP contribution in [0.1, 0.15) is 5.56 Å². The van der Waals surface area contributed by atoms with E-state index >= 15 is 0 Å². The fraction of sp³-hybridized carbons (Fsp3) is 0. The van der Waals surface area contributed by atoms with Crippen molar-refractivity contribution >= 4 is 19.9 Å². The quantitative estimate of drug-likeness (QED) is 0.627. The first-order chi connectivity index (χ1) is 10.1. The molecule has 0 aliphatic carbocycles. The molecule has 0 bridgehead atoms. The molecule has 0 aliphatic heterocycles. The molecular formula is C15H12O5P-. The number of rotatable bonds is 5. The lowest BCUT2D eigenvalue weighted by Gasteiger charge is -2.21. The van der Waals surface area contributed by atoms with Crippen LogP contribution in [0.15, 0.2) is 66.7 Å². The molecule has 0 saturated carbocycles. The molecule has 108 valence electrons. The summed E-state index contributed by atoms with van der Waals surface area (Å²) in [5, 5.41) is 0. The lowest BCUT2D eigenvalue weighted by molar-refractivity contribution is -0.215. The predicted molar refractivity (Wildman–Crippen MR) is 76.2 cm³/mol. The molecule has 1 unspecified atom stereocenters. The van der Waals surface area contributed by atoms with Crippen LogP contribution in [-0.2, 0) is 13.9 Å². The van der Waals surface area contributed by atoms with Crippen LogP contribution in [0.4, 0.5) is 0 Å². The number of phosphoric acid groups is 1. The van der Waals surface area contributed by atoms with E-state index in [0.717, 1.165) is 11.6 Å². The van der Waals surface area contributed by atoms with Crippen molar-refractivity contribution < 1.29 is 23.3 Å². The van der Waals surface area contributed by atoms with Crippen molar-refractivity contribution in [3.8, 4) is 5.75 Å². The number of para-hydroxylation sites is 1. The summed E-state index contributed by atoms with van der Waals surface area (Å²) in [6.07, 6.45) is 2.47. The fourth-order valence-corrected chi connectivity index (χ4v) is 2.20. The van der Waals surface area contributed by atoms with Gasteiger partial charge >= 0.3 is 13.8 Å². The highest BCUT2D eigenvalue weighted by Gasteiger charge is 2.15. The molecule has 0 saturated heterocycles. The Balaban J connectivity index is 1.95. The monoisotopic (exact) mass is 303 g/mol. The number of phosphoric ester groups is 1. The molecule has 2 rings (SSSR count). The average Bonchev–Trinajstić information content (AvgIpc) is 2.46. The van der Waals surface area contributed by atoms with Crippen LogP contribution in [0, 0.1) is 0 Å². The first-order valence-electron chi connectivity index (χ1n) is 6.07. The zero-order chi connectivity index (χ0) is 15.1. The van der Waals surface area contributed by atoms with Crippen LogP contribution in [0.3, 0.4) is 0 Å². The predicted octanol–water partition coefficient (Wildman–Crippen LogP) is 2.79. The van der Waals surface area contributed by atoms with E-state index in [2.05, 4.69) is 9.05 Å². The maximum Gasteiger partial charge on any atom is 0.374 e. The van der Waals surface area contributed by atoms with Crippen molar-refractivity contribution in [1.29, 1.82) is 0 Å². The highest BCUT2D eigenvalue weighted by molar-refractivity contribution is 7.47. The molecule has 0 N–H and O–H groups in total. The minimum Gasteiger partial charge on any atom is -0.736 e. The topological polar surface area (TPSA) is 75.7 Å². The Morgan fingerprint density at radius 1 is 1.00 bits per heavy atom. The minimum atomic E-state index is -4.74. The molecule has 0 amide bonds. The molecular weight excluding hydrogens is 291 g/mol. The molecule has 0 heterocycles. The second kappa shape index (κ2) is 6.88. The van der Waals surface area contributed by atoms with E-state index in [0.29, 0.717) is 0 Å². The standard InChI is InChI=1S/C15H13O5P/c16-15(12-11-13-7-3-1-4-8-13)20-21(17,18)19-14-9-5-2-6-10-14/h1-12H,(H,17,18)/p-1/b12-11+. The van der Waals surface area contributed by atoms with Gasteiger partial charge in [-0.05, 0) is 23.8 Å². The van der Waals surface area contributed by atoms with Crippen LogP contribution in [0.25, 0.3) is 6.08 Å². The third-order valence-corrected chi connectivity index (χ3v) is 3.21. The van der Waals surface area contributed by atoms with Crippen molar-refractivity contribution in [3.05, 3.63) is 72.3 Å². The zero-order valence-corrected chi connectivity index (χ0v) is 11.8.